The maximum Gasteiger partial charge on any atom is -0.00407 e. The van der Waals surface area contributed by atoms with Gasteiger partial charge in [-0.25, -0.2) is 0 Å². The first-order valence-electron chi connectivity index (χ1n) is 5.25. The molecule has 0 aromatic heterocycles. The van der Waals surface area contributed by atoms with Gasteiger partial charge in [0.15, 0.2) is 0 Å². The van der Waals surface area contributed by atoms with Crippen molar-refractivity contribution in [3.63, 3.8) is 0 Å². The van der Waals surface area contributed by atoms with E-state index in [1.807, 2.05) is 0 Å². The van der Waals surface area contributed by atoms with Crippen LogP contribution in [0.5, 0.6) is 0 Å². The average molecular weight is 169 g/mol. The van der Waals surface area contributed by atoms with Crippen LogP contribution in [0.1, 0.15) is 40.5 Å². The van der Waals surface area contributed by atoms with Gasteiger partial charge in [0.1, 0.15) is 0 Å². The summed E-state index contributed by atoms with van der Waals surface area (Å²) in [7, 11) is 0. The van der Waals surface area contributed by atoms with Crippen LogP contribution >= 0.6 is 0 Å². The summed E-state index contributed by atoms with van der Waals surface area (Å²) in [6.07, 6.45) is 2.68. The highest BCUT2D eigenvalue weighted by atomic mass is 14.7. The molecule has 0 spiro atoms. The second-order valence-corrected chi connectivity index (χ2v) is 4.96. The quantitative estimate of drug-likeness (QED) is 0.688. The summed E-state index contributed by atoms with van der Waals surface area (Å²) in [6.45, 7) is 10.3. The lowest BCUT2D eigenvalue weighted by molar-refractivity contribution is 0.394. The summed E-state index contributed by atoms with van der Waals surface area (Å²) in [6, 6.07) is 0. The van der Waals surface area contributed by atoms with E-state index in [0.717, 1.165) is 24.3 Å². The van der Waals surface area contributed by atoms with Gasteiger partial charge in [-0.05, 0) is 29.7 Å². The van der Waals surface area contributed by atoms with Crippen LogP contribution in [0.25, 0.3) is 0 Å². The number of hydrogen-bond donors (Lipinski definition) is 1. The Kier molecular flexibility index (Phi) is 2.82. The SMILES string of the molecule is CCCC(C)C1C(CN)C1(C)C. The molecular formula is C11H23N. The lowest BCUT2D eigenvalue weighted by Gasteiger charge is -2.10. The molecule has 12 heavy (non-hydrogen) atoms. The predicted molar refractivity (Wildman–Crippen MR) is 53.9 cm³/mol. The molecule has 1 saturated carbocycles. The van der Waals surface area contributed by atoms with Crippen LogP contribution in [0, 0.1) is 23.2 Å². The van der Waals surface area contributed by atoms with E-state index in [4.69, 9.17) is 5.73 Å². The van der Waals surface area contributed by atoms with E-state index in [1.54, 1.807) is 0 Å². The van der Waals surface area contributed by atoms with Crippen LogP contribution < -0.4 is 5.73 Å². The van der Waals surface area contributed by atoms with E-state index in [0.29, 0.717) is 5.41 Å². The first-order chi connectivity index (χ1) is 5.55. The highest BCUT2D eigenvalue weighted by Crippen LogP contribution is 2.61. The molecule has 0 amide bonds. The second-order valence-electron chi connectivity index (χ2n) is 4.96. The van der Waals surface area contributed by atoms with Crippen molar-refractivity contribution in [3.8, 4) is 0 Å². The Hall–Kier alpha value is -0.0400. The van der Waals surface area contributed by atoms with E-state index in [2.05, 4.69) is 27.7 Å². The fourth-order valence-electron chi connectivity index (χ4n) is 3.00. The standard InChI is InChI=1S/C11H23N/c1-5-6-8(2)10-9(7-12)11(10,3)4/h8-10H,5-7,12H2,1-4H3. The van der Waals surface area contributed by atoms with Crippen molar-refractivity contribution in [2.45, 2.75) is 40.5 Å². The molecule has 1 rings (SSSR count). The molecule has 0 radical (unpaired) electrons. The largest absolute Gasteiger partial charge is 0.330 e. The maximum atomic E-state index is 5.73. The maximum absolute atomic E-state index is 5.73. The van der Waals surface area contributed by atoms with Gasteiger partial charge < -0.3 is 5.73 Å². The van der Waals surface area contributed by atoms with Crippen LogP contribution in [0.2, 0.25) is 0 Å². The zero-order valence-electron chi connectivity index (χ0n) is 8.93. The van der Waals surface area contributed by atoms with E-state index in [-0.39, 0.29) is 0 Å². The topological polar surface area (TPSA) is 26.0 Å². The second kappa shape index (κ2) is 3.37. The van der Waals surface area contributed by atoms with Crippen molar-refractivity contribution >= 4 is 0 Å². The lowest BCUT2D eigenvalue weighted by Crippen LogP contribution is -2.06. The van der Waals surface area contributed by atoms with Gasteiger partial charge >= 0.3 is 0 Å². The third-order valence-electron chi connectivity index (χ3n) is 3.75. The highest BCUT2D eigenvalue weighted by molar-refractivity contribution is 5.06. The fraction of sp³-hybridized carbons (Fsp3) is 1.00. The zero-order valence-corrected chi connectivity index (χ0v) is 8.93. The number of nitrogens with two attached hydrogens (primary N) is 1. The van der Waals surface area contributed by atoms with E-state index in [9.17, 15) is 0 Å². The molecule has 0 aromatic carbocycles. The van der Waals surface area contributed by atoms with Crippen molar-refractivity contribution < 1.29 is 0 Å². The van der Waals surface area contributed by atoms with E-state index < -0.39 is 0 Å². The Balaban J connectivity index is 2.45. The first kappa shape index (κ1) is 10.0. The molecule has 0 bridgehead atoms. The summed E-state index contributed by atoms with van der Waals surface area (Å²) in [5.74, 6) is 2.56. The first-order valence-corrected chi connectivity index (χ1v) is 5.25. The molecule has 0 aromatic rings. The van der Waals surface area contributed by atoms with Gasteiger partial charge in [0, 0.05) is 0 Å². The van der Waals surface area contributed by atoms with Gasteiger partial charge in [0.25, 0.3) is 0 Å². The smallest absolute Gasteiger partial charge is 0.00407 e. The molecule has 1 fully saturated rings. The number of rotatable bonds is 4. The Labute approximate surface area is 76.7 Å². The minimum Gasteiger partial charge on any atom is -0.330 e. The molecule has 2 N–H and O–H groups in total. The van der Waals surface area contributed by atoms with Crippen molar-refractivity contribution in [2.75, 3.05) is 6.54 Å². The van der Waals surface area contributed by atoms with Crippen LogP contribution in [0.4, 0.5) is 0 Å². The average Bonchev–Trinajstić information content (AvgIpc) is 2.53. The molecule has 1 nitrogen and oxygen atoms in total. The summed E-state index contributed by atoms with van der Waals surface area (Å²) in [4.78, 5) is 0. The Bertz CT molecular complexity index is 151. The summed E-state index contributed by atoms with van der Waals surface area (Å²) in [5, 5.41) is 0. The van der Waals surface area contributed by atoms with Crippen molar-refractivity contribution in [3.05, 3.63) is 0 Å². The minimum atomic E-state index is 0.531. The van der Waals surface area contributed by atoms with Crippen molar-refractivity contribution in [1.82, 2.24) is 0 Å². The molecule has 3 unspecified atom stereocenters. The summed E-state index contributed by atoms with van der Waals surface area (Å²) >= 11 is 0. The Morgan fingerprint density at radius 2 is 2.00 bits per heavy atom. The summed E-state index contributed by atoms with van der Waals surface area (Å²) < 4.78 is 0. The normalized spacial score (nSPS) is 34.8. The third kappa shape index (κ3) is 1.52. The van der Waals surface area contributed by atoms with Gasteiger partial charge in [0.2, 0.25) is 0 Å². The van der Waals surface area contributed by atoms with Gasteiger partial charge in [-0.3, -0.25) is 0 Å². The van der Waals surface area contributed by atoms with E-state index >= 15 is 0 Å². The molecule has 0 aliphatic heterocycles. The lowest BCUT2D eigenvalue weighted by atomic mass is 9.95. The molecule has 0 heterocycles. The molecule has 1 heteroatoms. The highest BCUT2D eigenvalue weighted by Gasteiger charge is 2.58. The molecule has 3 atom stereocenters. The molecule has 0 saturated heterocycles. The summed E-state index contributed by atoms with van der Waals surface area (Å²) in [5.41, 5.74) is 6.26. The van der Waals surface area contributed by atoms with E-state index in [1.165, 1.54) is 12.8 Å². The van der Waals surface area contributed by atoms with Gasteiger partial charge in [-0.2, -0.15) is 0 Å². The van der Waals surface area contributed by atoms with Gasteiger partial charge in [-0.15, -0.1) is 0 Å². The van der Waals surface area contributed by atoms with Gasteiger partial charge in [0.05, 0.1) is 0 Å². The zero-order chi connectivity index (χ0) is 9.35. The van der Waals surface area contributed by atoms with Crippen LogP contribution in [0.3, 0.4) is 0 Å². The Morgan fingerprint density at radius 3 is 2.33 bits per heavy atom. The Morgan fingerprint density at radius 1 is 1.42 bits per heavy atom. The monoisotopic (exact) mass is 169 g/mol. The molecule has 72 valence electrons. The van der Waals surface area contributed by atoms with Crippen LogP contribution in [-0.2, 0) is 0 Å². The van der Waals surface area contributed by atoms with Gasteiger partial charge in [-0.1, -0.05) is 40.5 Å². The predicted octanol–water partition coefficient (Wildman–Crippen LogP) is 2.65. The van der Waals surface area contributed by atoms with Crippen LogP contribution in [-0.4, -0.2) is 6.54 Å². The minimum absolute atomic E-state index is 0.531. The molecular weight excluding hydrogens is 146 g/mol. The molecule has 1 aliphatic rings. The van der Waals surface area contributed by atoms with Crippen LogP contribution in [0.15, 0.2) is 0 Å². The third-order valence-corrected chi connectivity index (χ3v) is 3.75. The fourth-order valence-corrected chi connectivity index (χ4v) is 3.00. The van der Waals surface area contributed by atoms with Crippen molar-refractivity contribution in [2.24, 2.45) is 28.9 Å². The molecule has 1 aliphatic carbocycles. The number of hydrogen-bond acceptors (Lipinski definition) is 1. The van der Waals surface area contributed by atoms with Crippen molar-refractivity contribution in [1.29, 1.82) is 0 Å².